The highest BCUT2D eigenvalue weighted by molar-refractivity contribution is 7.18. The number of hydrogen-bond acceptors (Lipinski definition) is 6. The highest BCUT2D eigenvalue weighted by Crippen LogP contribution is 2.34. The third-order valence-electron chi connectivity index (χ3n) is 6.27. The molecule has 0 atom stereocenters. The van der Waals surface area contributed by atoms with E-state index >= 15 is 0 Å². The van der Waals surface area contributed by atoms with E-state index in [1.807, 2.05) is 34.1 Å². The van der Waals surface area contributed by atoms with Crippen molar-refractivity contribution in [2.45, 2.75) is 31.9 Å². The van der Waals surface area contributed by atoms with E-state index in [9.17, 15) is 18.0 Å². The lowest BCUT2D eigenvalue weighted by Gasteiger charge is -2.35. The highest BCUT2D eigenvalue weighted by atomic mass is 32.1. The van der Waals surface area contributed by atoms with Crippen LogP contribution in [0.15, 0.2) is 36.7 Å². The van der Waals surface area contributed by atoms with Crippen molar-refractivity contribution in [2.24, 2.45) is 5.92 Å². The Hall–Kier alpha value is -2.88. The van der Waals surface area contributed by atoms with Crippen molar-refractivity contribution in [3.05, 3.63) is 47.1 Å². The Morgan fingerprint density at radius 3 is 2.50 bits per heavy atom. The van der Waals surface area contributed by atoms with Gasteiger partial charge in [-0.05, 0) is 42.5 Å². The number of fused-ring (bicyclic) bond motifs is 1. The van der Waals surface area contributed by atoms with Gasteiger partial charge in [0.05, 0.1) is 18.2 Å². The summed E-state index contributed by atoms with van der Waals surface area (Å²) in [5.41, 5.74) is 2.07. The summed E-state index contributed by atoms with van der Waals surface area (Å²) >= 11 is 1.05. The lowest BCUT2D eigenvalue weighted by Crippen LogP contribution is -2.49. The molecule has 2 fully saturated rings. The maximum Gasteiger partial charge on any atom is 0.393 e. The molecule has 3 aromatic rings. The summed E-state index contributed by atoms with van der Waals surface area (Å²) in [5, 5.41) is 4.07. The molecule has 0 radical (unpaired) electrons. The molecule has 5 rings (SSSR count). The predicted octanol–water partition coefficient (Wildman–Crippen LogP) is 4.51. The van der Waals surface area contributed by atoms with E-state index in [2.05, 4.69) is 15.3 Å². The van der Waals surface area contributed by atoms with Crippen LogP contribution in [0.1, 0.15) is 23.3 Å². The second-order valence-corrected chi connectivity index (χ2v) is 10.1. The fraction of sp³-hybridized carbons (Fsp3) is 0.458. The highest BCUT2D eigenvalue weighted by Gasteiger charge is 2.30. The Morgan fingerprint density at radius 2 is 1.82 bits per heavy atom. The second-order valence-electron chi connectivity index (χ2n) is 8.99. The fourth-order valence-corrected chi connectivity index (χ4v) is 5.23. The normalized spacial score (nSPS) is 16.8. The minimum Gasteiger partial charge on any atom is -0.385 e. The number of anilines is 2. The van der Waals surface area contributed by atoms with Crippen LogP contribution in [-0.4, -0.2) is 59.7 Å². The van der Waals surface area contributed by atoms with E-state index in [0.717, 1.165) is 35.1 Å². The molecule has 1 aliphatic carbocycles. The summed E-state index contributed by atoms with van der Waals surface area (Å²) in [6.45, 7) is 3.25. The first-order valence-electron chi connectivity index (χ1n) is 11.5. The first kappa shape index (κ1) is 22.9. The Morgan fingerprint density at radius 1 is 1.09 bits per heavy atom. The van der Waals surface area contributed by atoms with Crippen LogP contribution in [0.4, 0.5) is 24.7 Å². The van der Waals surface area contributed by atoms with Crippen LogP contribution >= 0.6 is 11.3 Å². The van der Waals surface area contributed by atoms with Crippen molar-refractivity contribution >= 4 is 39.0 Å². The van der Waals surface area contributed by atoms with Gasteiger partial charge in [0.25, 0.3) is 0 Å². The van der Waals surface area contributed by atoms with Crippen molar-refractivity contribution < 1.29 is 18.0 Å². The molecule has 10 heteroatoms. The molecule has 6 nitrogen and oxygen atoms in total. The number of carbonyl (C=O) groups is 1. The molecular weight excluding hydrogens is 463 g/mol. The van der Waals surface area contributed by atoms with Crippen molar-refractivity contribution in [1.82, 2.24) is 14.9 Å². The molecule has 34 heavy (non-hydrogen) atoms. The minimum atomic E-state index is -4.26. The van der Waals surface area contributed by atoms with E-state index in [1.165, 1.54) is 19.2 Å². The van der Waals surface area contributed by atoms with Crippen LogP contribution in [0.25, 0.3) is 10.2 Å². The molecule has 1 saturated carbocycles. The van der Waals surface area contributed by atoms with Crippen LogP contribution in [0.3, 0.4) is 0 Å². The third-order valence-corrected chi connectivity index (χ3v) is 7.31. The van der Waals surface area contributed by atoms with Gasteiger partial charge in [-0.15, -0.1) is 11.3 Å². The fourth-order valence-electron chi connectivity index (χ4n) is 4.21. The predicted molar refractivity (Wildman–Crippen MR) is 127 cm³/mol. The number of benzene rings is 1. The molecule has 3 heterocycles. The largest absolute Gasteiger partial charge is 0.393 e. The van der Waals surface area contributed by atoms with Gasteiger partial charge >= 0.3 is 6.18 Å². The summed E-state index contributed by atoms with van der Waals surface area (Å²) < 4.78 is 38.4. The molecule has 1 N–H and O–H groups in total. The summed E-state index contributed by atoms with van der Waals surface area (Å²) in [7, 11) is 0. The molecule has 180 valence electrons. The molecule has 1 aliphatic heterocycles. The number of alkyl halides is 3. The standard InChI is InChI=1S/C24H26F3N5OS/c25-24(26,27)13-19-12-20-22(29-15-30-23(20)34-19)32-9-7-31(8-10-32)21(33)11-16-3-5-18(6-4-16)28-14-17-1-2-17/h3-6,12,15,17,28H,1-2,7-11,13-14H2. The van der Waals surface area contributed by atoms with E-state index in [1.54, 1.807) is 6.07 Å². The third kappa shape index (κ3) is 5.60. The summed E-state index contributed by atoms with van der Waals surface area (Å²) in [6, 6.07) is 9.59. The van der Waals surface area contributed by atoms with Gasteiger partial charge in [0.2, 0.25) is 5.91 Å². The number of thiophene rings is 1. The zero-order chi connectivity index (χ0) is 23.7. The van der Waals surface area contributed by atoms with E-state index < -0.39 is 12.6 Å². The molecule has 1 saturated heterocycles. The number of piperazine rings is 1. The van der Waals surface area contributed by atoms with Crippen LogP contribution in [0.5, 0.6) is 0 Å². The van der Waals surface area contributed by atoms with Gasteiger partial charge in [0.15, 0.2) is 0 Å². The summed E-state index contributed by atoms with van der Waals surface area (Å²) in [6.07, 6.45) is -0.859. The number of halogens is 3. The van der Waals surface area contributed by atoms with Gasteiger partial charge in [-0.2, -0.15) is 13.2 Å². The Kier molecular flexibility index (Phi) is 6.33. The number of nitrogens with one attached hydrogen (secondary N) is 1. The van der Waals surface area contributed by atoms with Crippen LogP contribution in [0.2, 0.25) is 0 Å². The number of carbonyl (C=O) groups excluding carboxylic acids is 1. The second kappa shape index (κ2) is 9.40. The first-order chi connectivity index (χ1) is 16.3. The topological polar surface area (TPSA) is 61.4 Å². The number of rotatable bonds is 7. The number of amides is 1. The van der Waals surface area contributed by atoms with E-state index in [-0.39, 0.29) is 10.8 Å². The van der Waals surface area contributed by atoms with Crippen molar-refractivity contribution in [1.29, 1.82) is 0 Å². The molecule has 0 spiro atoms. The maximum absolute atomic E-state index is 12.8. The van der Waals surface area contributed by atoms with E-state index in [0.29, 0.717) is 48.6 Å². The first-order valence-corrected chi connectivity index (χ1v) is 12.3. The zero-order valence-corrected chi connectivity index (χ0v) is 19.5. The van der Waals surface area contributed by atoms with E-state index in [4.69, 9.17) is 0 Å². The van der Waals surface area contributed by atoms with Gasteiger partial charge in [-0.3, -0.25) is 4.79 Å². The maximum atomic E-state index is 12.8. The number of aromatic nitrogens is 2. The molecule has 2 aromatic heterocycles. The van der Waals surface area contributed by atoms with Crippen LogP contribution in [0, 0.1) is 5.92 Å². The summed E-state index contributed by atoms with van der Waals surface area (Å²) in [5.74, 6) is 1.52. The Balaban J connectivity index is 1.17. The van der Waals surface area contributed by atoms with Crippen molar-refractivity contribution in [3.8, 4) is 0 Å². The lowest BCUT2D eigenvalue weighted by atomic mass is 10.1. The SMILES string of the molecule is O=C(Cc1ccc(NCC2CC2)cc1)N1CCN(c2ncnc3sc(CC(F)(F)F)cc23)CC1. The molecule has 1 amide bonds. The van der Waals surface area contributed by atoms with Gasteiger partial charge in [-0.25, -0.2) is 9.97 Å². The molecule has 0 unspecified atom stereocenters. The summed E-state index contributed by atoms with van der Waals surface area (Å²) in [4.78, 5) is 26.0. The van der Waals surface area contributed by atoms with Crippen molar-refractivity contribution in [3.63, 3.8) is 0 Å². The monoisotopic (exact) mass is 489 g/mol. The van der Waals surface area contributed by atoms with Crippen LogP contribution < -0.4 is 10.2 Å². The van der Waals surface area contributed by atoms with Gasteiger partial charge in [0, 0.05) is 43.3 Å². The average Bonchev–Trinajstić information content (AvgIpc) is 3.55. The zero-order valence-electron chi connectivity index (χ0n) is 18.6. The quantitative estimate of drug-likeness (QED) is 0.529. The average molecular weight is 490 g/mol. The lowest BCUT2D eigenvalue weighted by molar-refractivity contribution is -0.130. The van der Waals surface area contributed by atoms with Gasteiger partial charge < -0.3 is 15.1 Å². The molecular formula is C24H26F3N5OS. The van der Waals surface area contributed by atoms with Gasteiger partial charge in [-0.1, -0.05) is 12.1 Å². The minimum absolute atomic E-state index is 0.0779. The Labute approximate surface area is 199 Å². The van der Waals surface area contributed by atoms with Crippen molar-refractivity contribution in [2.75, 3.05) is 42.9 Å². The molecule has 2 aliphatic rings. The molecule has 1 aromatic carbocycles. The number of hydrogen-bond donors (Lipinski definition) is 1. The number of nitrogens with zero attached hydrogens (tertiary/aromatic N) is 4. The van der Waals surface area contributed by atoms with Gasteiger partial charge in [0.1, 0.15) is 17.0 Å². The molecule has 0 bridgehead atoms. The van der Waals surface area contributed by atoms with Crippen LogP contribution in [-0.2, 0) is 17.6 Å². The Bertz CT molecular complexity index is 1150. The smallest absolute Gasteiger partial charge is 0.385 e.